The largest absolute Gasteiger partial charge is 0.593 e. The molecule has 0 spiro atoms. The molecule has 0 amide bonds. The van der Waals surface area contributed by atoms with Crippen molar-refractivity contribution in [2.24, 2.45) is 0 Å². The van der Waals surface area contributed by atoms with Crippen LogP contribution in [0, 0.1) is 0 Å². The van der Waals surface area contributed by atoms with Crippen LogP contribution in [0.4, 0.5) is 0 Å². The highest BCUT2D eigenvalue weighted by molar-refractivity contribution is 7.86. The first kappa shape index (κ1) is 9.95. The van der Waals surface area contributed by atoms with Crippen molar-refractivity contribution in [3.05, 3.63) is 36.4 Å². The Morgan fingerprint density at radius 2 is 1.80 bits per heavy atom. The lowest BCUT2D eigenvalue weighted by molar-refractivity contribution is 0.468. The molecule has 2 aromatic carbocycles. The van der Waals surface area contributed by atoms with Crippen molar-refractivity contribution in [2.45, 2.75) is 4.90 Å². The van der Waals surface area contributed by atoms with Crippen molar-refractivity contribution in [3.8, 4) is 5.75 Å². The molecule has 0 aliphatic carbocycles. The van der Waals surface area contributed by atoms with Crippen molar-refractivity contribution in [1.82, 2.24) is 0 Å². The number of hydrogen-bond acceptors (Lipinski definition) is 2. The second-order valence-corrected chi connectivity index (χ2v) is 4.56. The Bertz CT molecular complexity index is 616. The lowest BCUT2D eigenvalue weighted by Gasteiger charge is -2.02. The molecule has 0 saturated carbocycles. The number of rotatable bonds is 1. The third-order valence-corrected chi connectivity index (χ3v) is 3.00. The molecule has 0 heterocycles. The summed E-state index contributed by atoms with van der Waals surface area (Å²) in [4.78, 5) is -0.217. The van der Waals surface area contributed by atoms with Gasteiger partial charge in [0.25, 0.3) is 15.9 Å². The van der Waals surface area contributed by atoms with Crippen molar-refractivity contribution in [2.75, 3.05) is 0 Å². The maximum Gasteiger partial charge on any atom is 0.295 e. The summed E-state index contributed by atoms with van der Waals surface area (Å²) in [6.07, 6.45) is 0. The van der Waals surface area contributed by atoms with Gasteiger partial charge in [0.15, 0.2) is 0 Å². The minimum atomic E-state index is -4.27. The van der Waals surface area contributed by atoms with Crippen LogP contribution >= 0.6 is 0 Å². The van der Waals surface area contributed by atoms with Gasteiger partial charge in [-0.05, 0) is 5.39 Å². The fourth-order valence-corrected chi connectivity index (χ4v) is 2.23. The van der Waals surface area contributed by atoms with Gasteiger partial charge in [0.1, 0.15) is 4.90 Å². The molecule has 0 aliphatic rings. The van der Waals surface area contributed by atoms with E-state index >= 15 is 0 Å². The zero-order valence-electron chi connectivity index (χ0n) is 7.64. The lowest BCUT2D eigenvalue weighted by atomic mass is 10.1. The Hall–Kier alpha value is -1.59. The molecule has 15 heavy (non-hydrogen) atoms. The molecule has 2 rings (SSSR count). The quantitative estimate of drug-likeness (QED) is 0.590. The zero-order chi connectivity index (χ0) is 11.1. The van der Waals surface area contributed by atoms with Crippen molar-refractivity contribution < 1.29 is 18.1 Å². The highest BCUT2D eigenvalue weighted by Crippen LogP contribution is 2.27. The van der Waals surface area contributed by atoms with Crippen molar-refractivity contribution >= 4 is 20.9 Å². The lowest BCUT2D eigenvalue weighted by Crippen LogP contribution is -1.98. The molecule has 78 valence electrons. The smallest absolute Gasteiger partial charge is 0.295 e. The van der Waals surface area contributed by atoms with E-state index in [-0.39, 0.29) is 10.6 Å². The van der Waals surface area contributed by atoms with Gasteiger partial charge in [-0.2, -0.15) is 8.42 Å². The van der Waals surface area contributed by atoms with Crippen LogP contribution in [-0.4, -0.2) is 18.1 Å². The molecule has 0 atom stereocenters. The minimum Gasteiger partial charge on any atom is -0.593 e. The van der Waals surface area contributed by atoms with E-state index in [9.17, 15) is 8.42 Å². The molecule has 0 bridgehead atoms. The Morgan fingerprint density at radius 1 is 1.13 bits per heavy atom. The molecular weight excluding hydrogens is 216 g/mol. The summed E-state index contributed by atoms with van der Waals surface area (Å²) < 4.78 is 31.1. The maximum absolute atomic E-state index is 11.1. The summed E-state index contributed by atoms with van der Waals surface area (Å²) in [6, 6.07) is 9.40. The predicted molar refractivity (Wildman–Crippen MR) is 56.8 cm³/mol. The molecule has 2 aromatic rings. The van der Waals surface area contributed by atoms with Gasteiger partial charge in [0, 0.05) is 11.5 Å². The van der Waals surface area contributed by atoms with Crippen LogP contribution in [0.3, 0.4) is 0 Å². The Labute approximate surface area is 86.5 Å². The van der Waals surface area contributed by atoms with Gasteiger partial charge in [0.2, 0.25) is 0 Å². The van der Waals surface area contributed by atoms with E-state index in [1.807, 2.05) is 0 Å². The van der Waals surface area contributed by atoms with Gasteiger partial charge in [-0.25, -0.2) is 0 Å². The van der Waals surface area contributed by atoms with E-state index in [0.717, 1.165) is 6.07 Å². The number of hydrogen-bond donors (Lipinski definition) is 1. The van der Waals surface area contributed by atoms with Crippen LogP contribution in [-0.2, 0) is 10.1 Å². The third-order valence-electron chi connectivity index (χ3n) is 2.10. The first-order valence-electron chi connectivity index (χ1n) is 4.20. The van der Waals surface area contributed by atoms with Crippen LogP contribution in [0.15, 0.2) is 41.3 Å². The maximum atomic E-state index is 11.1. The van der Waals surface area contributed by atoms with Crippen LogP contribution in [0.1, 0.15) is 0 Å². The molecule has 0 radical (unpaired) electrons. The van der Waals surface area contributed by atoms with Gasteiger partial charge in [-0.1, -0.05) is 24.3 Å². The average Bonchev–Trinajstić information content (AvgIpc) is 2.15. The second kappa shape index (κ2) is 3.22. The highest BCUT2D eigenvalue weighted by Gasteiger charge is 2.16. The third kappa shape index (κ3) is 1.79. The Kier molecular flexibility index (Phi) is 2.13. The predicted octanol–water partition coefficient (Wildman–Crippen LogP) is 1.52. The van der Waals surface area contributed by atoms with Crippen LogP contribution in [0.2, 0.25) is 0 Å². The summed E-state index contributed by atoms with van der Waals surface area (Å²) in [5.41, 5.74) is 0. The summed E-state index contributed by atoms with van der Waals surface area (Å²) in [7, 11) is -4.27. The molecule has 0 aliphatic heterocycles. The normalized spacial score (nSPS) is 11.8. The van der Waals surface area contributed by atoms with Gasteiger partial charge >= 0.3 is 0 Å². The van der Waals surface area contributed by atoms with E-state index in [1.54, 1.807) is 30.3 Å². The molecule has 3 N–H and O–H groups in total. The molecule has 4 nitrogen and oxygen atoms in total. The summed E-state index contributed by atoms with van der Waals surface area (Å²) in [5.74, 6) is 0.0568. The number of fused-ring (bicyclic) bond motifs is 1. The number of benzene rings is 2. The summed E-state index contributed by atoms with van der Waals surface area (Å²) in [6.45, 7) is 0. The molecule has 5 heteroatoms. The molecule has 0 aromatic heterocycles. The van der Waals surface area contributed by atoms with Gasteiger partial charge in [-0.3, -0.25) is 4.55 Å². The summed E-state index contributed by atoms with van der Waals surface area (Å²) in [5, 5.41) is 8.47. The Morgan fingerprint density at radius 3 is 2.47 bits per heavy atom. The Balaban J connectivity index is 2.96. The van der Waals surface area contributed by atoms with Crippen molar-refractivity contribution in [3.63, 3.8) is 0 Å². The topological polar surface area (TPSA) is 77.3 Å². The standard InChI is InChI=1S/C10H8O4S/c11-8-5-7-3-1-2-4-9(7)10(6-8)15(12,13)14/h1-6,11H,(H,12,13,14)/p+1. The van der Waals surface area contributed by atoms with Gasteiger partial charge in [0.05, 0.1) is 6.07 Å². The fraction of sp³-hybridized carbons (Fsp3) is 0. The van der Waals surface area contributed by atoms with Crippen molar-refractivity contribution in [1.29, 1.82) is 0 Å². The van der Waals surface area contributed by atoms with Crippen LogP contribution < -0.4 is 0 Å². The highest BCUT2D eigenvalue weighted by atomic mass is 32.2. The van der Waals surface area contributed by atoms with E-state index in [0.29, 0.717) is 10.8 Å². The molecule has 0 saturated heterocycles. The van der Waals surface area contributed by atoms with E-state index in [1.165, 1.54) is 0 Å². The minimum absolute atomic E-state index is 0.0568. The van der Waals surface area contributed by atoms with Gasteiger partial charge < -0.3 is 5.11 Å². The molecule has 0 fully saturated rings. The van der Waals surface area contributed by atoms with Gasteiger partial charge in [-0.15, -0.1) is 0 Å². The van der Waals surface area contributed by atoms with E-state index in [2.05, 4.69) is 0 Å². The van der Waals surface area contributed by atoms with E-state index < -0.39 is 10.1 Å². The first-order valence-corrected chi connectivity index (χ1v) is 5.64. The van der Waals surface area contributed by atoms with E-state index in [4.69, 9.17) is 9.66 Å². The molecule has 0 unspecified atom stereocenters. The summed E-state index contributed by atoms with van der Waals surface area (Å²) >= 11 is 0. The van der Waals surface area contributed by atoms with Crippen LogP contribution in [0.5, 0.6) is 5.75 Å². The fourth-order valence-electron chi connectivity index (χ4n) is 1.49. The zero-order valence-corrected chi connectivity index (χ0v) is 8.45. The average molecular weight is 225 g/mol. The molecular formula is C10H9O4S+. The van der Waals surface area contributed by atoms with Crippen LogP contribution in [0.25, 0.3) is 10.8 Å². The first-order chi connectivity index (χ1) is 6.98. The SMILES string of the molecule is O=S(=O)(O)c1cc([OH2+])cc2ccccc12. The monoisotopic (exact) mass is 225 g/mol. The second-order valence-electron chi connectivity index (χ2n) is 3.17.